The number of carbonyl (C=O) groups excluding carboxylic acids is 1. The second kappa shape index (κ2) is 8.85. The van der Waals surface area contributed by atoms with Crippen molar-refractivity contribution >= 4 is 6.41 Å². The minimum Gasteiger partial charge on any atom is -0.637 e. The quantitative estimate of drug-likeness (QED) is 0.443. The molecule has 6 heavy (non-hydrogen) atoms. The van der Waals surface area contributed by atoms with E-state index >= 15 is 0 Å². The van der Waals surface area contributed by atoms with Crippen LogP contribution >= 0.6 is 0 Å². The fourth-order valence-corrected chi connectivity index (χ4v) is 0.0430. The van der Waals surface area contributed by atoms with Crippen LogP contribution in [0.4, 0.5) is 0 Å². The van der Waals surface area contributed by atoms with Crippen molar-refractivity contribution in [2.75, 3.05) is 0 Å². The third kappa shape index (κ3) is 9.16. The SMILES string of the molecule is C=C[N-]C=O.[Ru+]. The zero-order valence-electron chi connectivity index (χ0n) is 3.07. The van der Waals surface area contributed by atoms with Gasteiger partial charge in [-0.25, -0.2) is 0 Å². The molecule has 0 heterocycles. The van der Waals surface area contributed by atoms with Crippen LogP contribution in [0.1, 0.15) is 0 Å². The van der Waals surface area contributed by atoms with E-state index in [-0.39, 0.29) is 19.5 Å². The molecule has 0 N–H and O–H groups in total. The molecule has 0 spiro atoms. The van der Waals surface area contributed by atoms with E-state index in [1.807, 2.05) is 0 Å². The Hall–Kier alpha value is -0.167. The summed E-state index contributed by atoms with van der Waals surface area (Å²) < 4.78 is 0. The molecule has 0 aliphatic carbocycles. The van der Waals surface area contributed by atoms with Gasteiger partial charge in [0.2, 0.25) is 0 Å². The van der Waals surface area contributed by atoms with Gasteiger partial charge in [-0.2, -0.15) is 6.20 Å². The van der Waals surface area contributed by atoms with E-state index in [0.29, 0.717) is 6.41 Å². The van der Waals surface area contributed by atoms with Gasteiger partial charge >= 0.3 is 19.5 Å². The van der Waals surface area contributed by atoms with E-state index in [1.165, 1.54) is 6.20 Å². The Morgan fingerprint density at radius 1 is 1.67 bits per heavy atom. The van der Waals surface area contributed by atoms with Crippen LogP contribution in [0.3, 0.4) is 0 Å². The van der Waals surface area contributed by atoms with Crippen molar-refractivity contribution in [1.82, 2.24) is 0 Å². The van der Waals surface area contributed by atoms with E-state index in [9.17, 15) is 0 Å². The molecule has 0 aromatic rings. The van der Waals surface area contributed by atoms with Crippen LogP contribution in [-0.2, 0) is 24.3 Å². The minimum absolute atomic E-state index is 0. The number of rotatable bonds is 2. The standard InChI is InChI=1S/C3H5NO.Ru/c1-2-4-3-5;/h2-3H,1H2,(H,4,5);/q;+1/p-1. The minimum atomic E-state index is 0. The van der Waals surface area contributed by atoms with E-state index in [2.05, 4.69) is 11.9 Å². The average Bonchev–Trinajstić information content (AvgIpc) is 1.41. The summed E-state index contributed by atoms with van der Waals surface area (Å²) in [5, 5.41) is 3.06. The Kier molecular flexibility index (Phi) is 13.7. The average molecular weight is 171 g/mol. The van der Waals surface area contributed by atoms with Crippen LogP contribution in [0.15, 0.2) is 12.8 Å². The Bertz CT molecular complexity index is 40.1. The zero-order chi connectivity index (χ0) is 4.12. The first-order valence-corrected chi connectivity index (χ1v) is 1.16. The van der Waals surface area contributed by atoms with Gasteiger partial charge in [0.05, 0.1) is 0 Å². The van der Waals surface area contributed by atoms with Crippen molar-refractivity contribution in [3.05, 3.63) is 18.1 Å². The van der Waals surface area contributed by atoms with Gasteiger partial charge in [-0.15, -0.1) is 6.58 Å². The first-order valence-electron chi connectivity index (χ1n) is 1.16. The Morgan fingerprint density at radius 2 is 2.17 bits per heavy atom. The van der Waals surface area contributed by atoms with Crippen LogP contribution in [0, 0.1) is 0 Å². The largest absolute Gasteiger partial charge is 1.00 e. The first-order chi connectivity index (χ1) is 2.41. The van der Waals surface area contributed by atoms with Crippen molar-refractivity contribution in [2.24, 2.45) is 0 Å². The maximum absolute atomic E-state index is 9.17. The monoisotopic (exact) mass is 172 g/mol. The molecule has 0 rings (SSSR count). The van der Waals surface area contributed by atoms with Crippen LogP contribution in [0.25, 0.3) is 5.32 Å². The molecule has 1 radical (unpaired) electrons. The van der Waals surface area contributed by atoms with Crippen molar-refractivity contribution in [3.8, 4) is 0 Å². The molecule has 0 bridgehead atoms. The van der Waals surface area contributed by atoms with Crippen LogP contribution in [0.5, 0.6) is 0 Å². The molecule has 0 aliphatic rings. The second-order valence-electron chi connectivity index (χ2n) is 0.437. The maximum Gasteiger partial charge on any atom is 1.00 e. The molecule has 0 fully saturated rings. The van der Waals surface area contributed by atoms with Gasteiger partial charge in [0.15, 0.2) is 0 Å². The van der Waals surface area contributed by atoms with Crippen molar-refractivity contribution in [2.45, 2.75) is 0 Å². The van der Waals surface area contributed by atoms with E-state index in [4.69, 9.17) is 4.79 Å². The van der Waals surface area contributed by atoms with Crippen LogP contribution in [0.2, 0.25) is 0 Å². The van der Waals surface area contributed by atoms with Gasteiger partial charge < -0.3 is 10.1 Å². The summed E-state index contributed by atoms with van der Waals surface area (Å²) in [6.45, 7) is 3.15. The molecule has 0 aromatic carbocycles. The van der Waals surface area contributed by atoms with Crippen LogP contribution < -0.4 is 0 Å². The number of hydrogen-bond donors (Lipinski definition) is 0. The number of amides is 1. The predicted molar refractivity (Wildman–Crippen MR) is 19.6 cm³/mol. The fraction of sp³-hybridized carbons (Fsp3) is 0. The summed E-state index contributed by atoms with van der Waals surface area (Å²) in [5.74, 6) is 0. The summed E-state index contributed by atoms with van der Waals surface area (Å²) in [7, 11) is 0. The molecule has 0 saturated heterocycles. The summed E-state index contributed by atoms with van der Waals surface area (Å²) in [6, 6.07) is 0. The normalized spacial score (nSPS) is 4.67. The topological polar surface area (TPSA) is 31.2 Å². The van der Waals surface area contributed by atoms with Crippen molar-refractivity contribution in [3.63, 3.8) is 0 Å². The molecule has 0 atom stereocenters. The summed E-state index contributed by atoms with van der Waals surface area (Å²) in [5.41, 5.74) is 0. The molecular formula is C3H4NORu. The van der Waals surface area contributed by atoms with Gasteiger partial charge in [0.1, 0.15) is 0 Å². The number of carbonyl (C=O) groups is 1. The summed E-state index contributed by atoms with van der Waals surface area (Å²) in [6.07, 6.45) is 1.62. The summed E-state index contributed by atoms with van der Waals surface area (Å²) >= 11 is 0. The van der Waals surface area contributed by atoms with E-state index in [0.717, 1.165) is 0 Å². The second-order valence-corrected chi connectivity index (χ2v) is 0.437. The summed E-state index contributed by atoms with van der Waals surface area (Å²) in [4.78, 5) is 9.17. The predicted octanol–water partition coefficient (Wildman–Crippen LogP) is 0.657. The number of hydrogen-bond acceptors (Lipinski definition) is 1. The zero-order valence-corrected chi connectivity index (χ0v) is 4.81. The molecule has 0 aliphatic heterocycles. The molecule has 0 unspecified atom stereocenters. The van der Waals surface area contributed by atoms with Crippen LogP contribution in [-0.4, -0.2) is 6.41 Å². The van der Waals surface area contributed by atoms with Gasteiger partial charge in [-0.3, -0.25) is 0 Å². The van der Waals surface area contributed by atoms with Gasteiger partial charge in [-0.1, -0.05) is 0 Å². The Balaban J connectivity index is 0. The third-order valence-electron chi connectivity index (χ3n) is 0.166. The van der Waals surface area contributed by atoms with Crippen molar-refractivity contribution < 1.29 is 24.3 Å². The smallest absolute Gasteiger partial charge is 0.637 e. The number of nitrogens with zero attached hydrogens (tertiary/aromatic N) is 1. The van der Waals surface area contributed by atoms with Crippen molar-refractivity contribution in [1.29, 1.82) is 0 Å². The third-order valence-corrected chi connectivity index (χ3v) is 0.166. The molecule has 0 aromatic heterocycles. The molecule has 35 valence electrons. The Labute approximate surface area is 49.4 Å². The van der Waals surface area contributed by atoms with Gasteiger partial charge in [0, 0.05) is 6.41 Å². The fourth-order valence-electron chi connectivity index (χ4n) is 0.0430. The molecular weight excluding hydrogens is 167 g/mol. The van der Waals surface area contributed by atoms with E-state index in [1.54, 1.807) is 0 Å². The molecule has 1 amide bonds. The van der Waals surface area contributed by atoms with Gasteiger partial charge in [0.25, 0.3) is 0 Å². The molecule has 3 heteroatoms. The first kappa shape index (κ1) is 9.27. The Morgan fingerprint density at radius 3 is 2.17 bits per heavy atom. The maximum atomic E-state index is 9.17. The molecule has 0 saturated carbocycles. The van der Waals surface area contributed by atoms with Gasteiger partial charge in [-0.05, 0) is 0 Å². The molecule has 2 nitrogen and oxygen atoms in total. The van der Waals surface area contributed by atoms with E-state index < -0.39 is 0 Å².